The summed E-state index contributed by atoms with van der Waals surface area (Å²) in [6.45, 7) is 0. The van der Waals surface area contributed by atoms with Gasteiger partial charge in [-0.3, -0.25) is 0 Å². The summed E-state index contributed by atoms with van der Waals surface area (Å²) in [4.78, 5) is 5.65. The van der Waals surface area contributed by atoms with Crippen LogP contribution in [-0.2, 0) is 7.05 Å². The van der Waals surface area contributed by atoms with Crippen LogP contribution in [0.2, 0.25) is 0 Å². The summed E-state index contributed by atoms with van der Waals surface area (Å²) in [7, 11) is 3.96. The van der Waals surface area contributed by atoms with Crippen molar-refractivity contribution >= 4 is 11.8 Å². The molecule has 0 radical (unpaired) electrons. The van der Waals surface area contributed by atoms with Gasteiger partial charge >= 0.3 is 0 Å². The molecule has 0 spiro atoms. The highest BCUT2D eigenvalue weighted by molar-refractivity contribution is 7.99. The molecule has 2 aromatic rings. The Balaban J connectivity index is 1.85. The zero-order valence-corrected chi connectivity index (χ0v) is 11.9. The van der Waals surface area contributed by atoms with Gasteiger partial charge in [0.05, 0.1) is 0 Å². The van der Waals surface area contributed by atoms with E-state index in [1.807, 2.05) is 61.0 Å². The molecule has 0 saturated carbocycles. The zero-order chi connectivity index (χ0) is 13.2. The van der Waals surface area contributed by atoms with E-state index in [0.717, 1.165) is 17.3 Å². The lowest BCUT2D eigenvalue weighted by Gasteiger charge is -2.31. The summed E-state index contributed by atoms with van der Waals surface area (Å²) in [6, 6.07) is 8.28. The average Bonchev–Trinajstić information content (AvgIpc) is 2.86. The predicted molar refractivity (Wildman–Crippen MR) is 76.6 cm³/mol. The minimum Gasteiger partial charge on any atom is -0.486 e. The third kappa shape index (κ3) is 2.35. The number of para-hydroxylation sites is 1. The fraction of sp³-hybridized carbons (Fsp3) is 0.357. The highest BCUT2D eigenvalue weighted by Gasteiger charge is 2.30. The standard InChI is InChI=1S/C14H17N3OS/c1-15-13(14-16-7-8-17(14)2)11-9-19-12-6-4-3-5-10(12)18-11/h3-8,11,13,15H,9H2,1-2H3. The van der Waals surface area contributed by atoms with E-state index in [9.17, 15) is 0 Å². The molecule has 0 bridgehead atoms. The summed E-state index contributed by atoms with van der Waals surface area (Å²) in [5.41, 5.74) is 0. The minimum atomic E-state index is 0.0889. The third-order valence-corrected chi connectivity index (χ3v) is 4.49. The van der Waals surface area contributed by atoms with Crippen LogP contribution in [0.15, 0.2) is 41.6 Å². The number of likely N-dealkylation sites (N-methyl/N-ethyl adjacent to an activating group) is 1. The van der Waals surface area contributed by atoms with Crippen molar-refractivity contribution in [2.45, 2.75) is 17.0 Å². The van der Waals surface area contributed by atoms with E-state index in [-0.39, 0.29) is 12.1 Å². The Morgan fingerprint density at radius 1 is 1.47 bits per heavy atom. The summed E-state index contributed by atoms with van der Waals surface area (Å²) in [6.07, 6.45) is 3.87. The molecule has 0 saturated heterocycles. The van der Waals surface area contributed by atoms with Crippen molar-refractivity contribution in [2.75, 3.05) is 12.8 Å². The number of nitrogens with one attached hydrogen (secondary N) is 1. The molecule has 0 aliphatic carbocycles. The number of nitrogens with zero attached hydrogens (tertiary/aromatic N) is 2. The Morgan fingerprint density at radius 2 is 2.32 bits per heavy atom. The van der Waals surface area contributed by atoms with Crippen molar-refractivity contribution in [1.82, 2.24) is 14.9 Å². The normalized spacial score (nSPS) is 19.6. The van der Waals surface area contributed by atoms with Crippen molar-refractivity contribution in [3.8, 4) is 5.75 Å². The third-order valence-electron chi connectivity index (χ3n) is 3.35. The van der Waals surface area contributed by atoms with Crippen LogP contribution in [-0.4, -0.2) is 28.5 Å². The van der Waals surface area contributed by atoms with E-state index >= 15 is 0 Å². The Morgan fingerprint density at radius 3 is 3.05 bits per heavy atom. The molecule has 19 heavy (non-hydrogen) atoms. The van der Waals surface area contributed by atoms with Crippen LogP contribution in [0.3, 0.4) is 0 Å². The Bertz CT molecular complexity index is 569. The van der Waals surface area contributed by atoms with E-state index in [1.54, 1.807) is 0 Å². The first kappa shape index (κ1) is 12.6. The van der Waals surface area contributed by atoms with E-state index in [1.165, 1.54) is 4.90 Å². The van der Waals surface area contributed by atoms with E-state index in [4.69, 9.17) is 4.74 Å². The zero-order valence-electron chi connectivity index (χ0n) is 11.0. The Hall–Kier alpha value is -1.46. The molecule has 100 valence electrons. The molecule has 4 nitrogen and oxygen atoms in total. The lowest BCUT2D eigenvalue weighted by Crippen LogP contribution is -2.38. The number of hydrogen-bond donors (Lipinski definition) is 1. The highest BCUT2D eigenvalue weighted by Crippen LogP contribution is 2.37. The molecule has 5 heteroatoms. The first-order valence-corrected chi connectivity index (χ1v) is 7.31. The van der Waals surface area contributed by atoms with Gasteiger partial charge in [-0.15, -0.1) is 11.8 Å². The summed E-state index contributed by atoms with van der Waals surface area (Å²) >= 11 is 1.84. The molecule has 2 heterocycles. The van der Waals surface area contributed by atoms with Gasteiger partial charge < -0.3 is 14.6 Å². The molecule has 1 N–H and O–H groups in total. The van der Waals surface area contributed by atoms with E-state index in [0.29, 0.717) is 0 Å². The molecule has 0 amide bonds. The Kier molecular flexibility index (Phi) is 3.48. The number of ether oxygens (including phenoxy) is 1. The first-order valence-electron chi connectivity index (χ1n) is 6.32. The second kappa shape index (κ2) is 5.27. The van der Waals surface area contributed by atoms with Crippen molar-refractivity contribution in [3.63, 3.8) is 0 Å². The topological polar surface area (TPSA) is 39.1 Å². The molecular weight excluding hydrogens is 258 g/mol. The molecule has 2 atom stereocenters. The number of benzene rings is 1. The van der Waals surface area contributed by atoms with Crippen LogP contribution >= 0.6 is 11.8 Å². The van der Waals surface area contributed by atoms with Crippen molar-refractivity contribution in [2.24, 2.45) is 7.05 Å². The van der Waals surface area contributed by atoms with Gasteiger partial charge in [0.25, 0.3) is 0 Å². The maximum atomic E-state index is 6.13. The second-order valence-corrected chi connectivity index (χ2v) is 5.64. The van der Waals surface area contributed by atoms with Crippen LogP contribution in [0.5, 0.6) is 5.75 Å². The number of rotatable bonds is 3. The SMILES string of the molecule is CNC(c1nccn1C)C1CSc2ccccc2O1. The van der Waals surface area contributed by atoms with Crippen molar-refractivity contribution in [3.05, 3.63) is 42.5 Å². The van der Waals surface area contributed by atoms with Crippen LogP contribution in [0.25, 0.3) is 0 Å². The van der Waals surface area contributed by atoms with Crippen molar-refractivity contribution < 1.29 is 4.74 Å². The van der Waals surface area contributed by atoms with Crippen LogP contribution in [0, 0.1) is 0 Å². The van der Waals surface area contributed by atoms with Gasteiger partial charge in [0.2, 0.25) is 0 Å². The van der Waals surface area contributed by atoms with Gasteiger partial charge in [0.1, 0.15) is 23.7 Å². The van der Waals surface area contributed by atoms with Gasteiger partial charge in [0, 0.05) is 30.1 Å². The monoisotopic (exact) mass is 275 g/mol. The molecule has 1 aliphatic rings. The number of hydrogen-bond acceptors (Lipinski definition) is 4. The van der Waals surface area contributed by atoms with E-state index < -0.39 is 0 Å². The lowest BCUT2D eigenvalue weighted by atomic mass is 10.1. The largest absolute Gasteiger partial charge is 0.486 e. The quantitative estimate of drug-likeness (QED) is 0.932. The lowest BCUT2D eigenvalue weighted by molar-refractivity contribution is 0.165. The van der Waals surface area contributed by atoms with E-state index in [2.05, 4.69) is 16.4 Å². The number of aryl methyl sites for hydroxylation is 1. The van der Waals surface area contributed by atoms with Crippen molar-refractivity contribution in [1.29, 1.82) is 0 Å². The molecule has 0 fully saturated rings. The fourth-order valence-electron chi connectivity index (χ4n) is 2.36. The van der Waals surface area contributed by atoms with Gasteiger partial charge in [-0.05, 0) is 19.2 Å². The van der Waals surface area contributed by atoms with Crippen LogP contribution in [0.4, 0.5) is 0 Å². The minimum absolute atomic E-state index is 0.0889. The second-order valence-electron chi connectivity index (χ2n) is 4.58. The van der Waals surface area contributed by atoms with Crippen LogP contribution in [0.1, 0.15) is 11.9 Å². The Labute approximate surface area is 117 Å². The summed E-state index contributed by atoms with van der Waals surface area (Å²) < 4.78 is 8.16. The molecule has 1 aromatic heterocycles. The molecular formula is C14H17N3OS. The predicted octanol–water partition coefficient (Wildman–Crippen LogP) is 2.23. The molecule has 2 unspecified atom stereocenters. The summed E-state index contributed by atoms with van der Waals surface area (Å²) in [5, 5.41) is 3.32. The van der Waals surface area contributed by atoms with Gasteiger partial charge in [0.15, 0.2) is 0 Å². The number of imidazole rings is 1. The van der Waals surface area contributed by atoms with Crippen LogP contribution < -0.4 is 10.1 Å². The average molecular weight is 275 g/mol. The van der Waals surface area contributed by atoms with Gasteiger partial charge in [-0.1, -0.05) is 12.1 Å². The maximum absolute atomic E-state index is 6.13. The summed E-state index contributed by atoms with van der Waals surface area (Å²) in [5.74, 6) is 2.90. The molecule has 3 rings (SSSR count). The molecule has 1 aromatic carbocycles. The fourth-order valence-corrected chi connectivity index (χ4v) is 3.40. The van der Waals surface area contributed by atoms with Gasteiger partial charge in [-0.25, -0.2) is 4.98 Å². The highest BCUT2D eigenvalue weighted by atomic mass is 32.2. The first-order chi connectivity index (χ1) is 9.29. The maximum Gasteiger partial charge on any atom is 0.133 e. The number of fused-ring (bicyclic) bond motifs is 1. The number of thioether (sulfide) groups is 1. The molecule has 1 aliphatic heterocycles. The van der Waals surface area contributed by atoms with Gasteiger partial charge in [-0.2, -0.15) is 0 Å². The smallest absolute Gasteiger partial charge is 0.133 e. The number of aromatic nitrogens is 2.